The van der Waals surface area contributed by atoms with Crippen molar-refractivity contribution in [2.24, 2.45) is 5.73 Å². The van der Waals surface area contributed by atoms with Crippen LogP contribution in [0.1, 0.15) is 45.0 Å². The molecule has 0 aliphatic carbocycles. The van der Waals surface area contributed by atoms with Crippen molar-refractivity contribution in [1.29, 1.82) is 0 Å². The van der Waals surface area contributed by atoms with Crippen molar-refractivity contribution in [2.75, 3.05) is 12.0 Å². The normalized spacial score (nSPS) is 14.2. The first-order valence-electron chi connectivity index (χ1n) is 5.03. The van der Waals surface area contributed by atoms with Crippen LogP contribution in [0.4, 0.5) is 0 Å². The smallest absolute Gasteiger partial charge is 0.233 e. The fourth-order valence-electron chi connectivity index (χ4n) is 1.06. The van der Waals surface area contributed by atoms with Gasteiger partial charge in [0.05, 0.1) is 6.04 Å². The molecule has 1 atom stereocenters. The third-order valence-electron chi connectivity index (χ3n) is 2.03. The molecule has 1 unspecified atom stereocenters. The second-order valence-electron chi connectivity index (χ2n) is 4.58. The number of thioether (sulfide) groups is 1. The van der Waals surface area contributed by atoms with E-state index in [2.05, 4.69) is 16.5 Å². The van der Waals surface area contributed by atoms with Crippen molar-refractivity contribution in [2.45, 2.75) is 38.6 Å². The molecule has 2 N–H and O–H groups in total. The molecule has 0 bridgehead atoms. The van der Waals surface area contributed by atoms with Crippen molar-refractivity contribution in [3.05, 3.63) is 11.8 Å². The molecule has 1 heterocycles. The van der Waals surface area contributed by atoms with Crippen LogP contribution in [0.25, 0.3) is 0 Å². The Morgan fingerprint density at radius 3 is 2.53 bits per heavy atom. The summed E-state index contributed by atoms with van der Waals surface area (Å²) >= 11 is 1.77. The highest BCUT2D eigenvalue weighted by Gasteiger charge is 2.23. The lowest BCUT2D eigenvalue weighted by Gasteiger charge is -2.11. The summed E-state index contributed by atoms with van der Waals surface area (Å²) in [6.07, 6.45) is 2.92. The van der Waals surface area contributed by atoms with E-state index in [0.29, 0.717) is 11.8 Å². The van der Waals surface area contributed by atoms with Crippen molar-refractivity contribution < 1.29 is 4.42 Å². The molecule has 0 radical (unpaired) electrons. The Hall–Kier alpha value is -0.550. The van der Waals surface area contributed by atoms with Crippen LogP contribution in [0.15, 0.2) is 4.42 Å². The molecule has 1 rings (SSSR count). The highest BCUT2D eigenvalue weighted by molar-refractivity contribution is 7.98. The van der Waals surface area contributed by atoms with Gasteiger partial charge in [-0.05, 0) is 18.4 Å². The van der Waals surface area contributed by atoms with Crippen molar-refractivity contribution in [1.82, 2.24) is 10.2 Å². The van der Waals surface area contributed by atoms with Crippen LogP contribution >= 0.6 is 11.8 Å². The van der Waals surface area contributed by atoms with E-state index in [9.17, 15) is 0 Å². The van der Waals surface area contributed by atoms with Crippen LogP contribution in [0.5, 0.6) is 0 Å². The molecule has 15 heavy (non-hydrogen) atoms. The van der Waals surface area contributed by atoms with E-state index in [1.54, 1.807) is 11.8 Å². The van der Waals surface area contributed by atoms with E-state index in [1.165, 1.54) is 0 Å². The SMILES string of the molecule is CSCCC(N)c1nnc(C(C)(C)C)o1. The number of hydrogen-bond donors (Lipinski definition) is 1. The Balaban J connectivity index is 2.67. The van der Waals surface area contributed by atoms with Crippen LogP contribution in [-0.4, -0.2) is 22.2 Å². The minimum atomic E-state index is -0.138. The fraction of sp³-hybridized carbons (Fsp3) is 0.800. The van der Waals surface area contributed by atoms with Gasteiger partial charge in [0, 0.05) is 5.41 Å². The van der Waals surface area contributed by atoms with Crippen molar-refractivity contribution >= 4 is 11.8 Å². The molecule has 4 nitrogen and oxygen atoms in total. The first-order chi connectivity index (χ1) is 6.95. The predicted octanol–water partition coefficient (Wildman–Crippen LogP) is 2.12. The van der Waals surface area contributed by atoms with Gasteiger partial charge in [-0.25, -0.2) is 0 Å². The van der Waals surface area contributed by atoms with Gasteiger partial charge in [-0.15, -0.1) is 10.2 Å². The van der Waals surface area contributed by atoms with Gasteiger partial charge in [0.2, 0.25) is 11.8 Å². The van der Waals surface area contributed by atoms with Gasteiger partial charge in [0.1, 0.15) is 0 Å². The van der Waals surface area contributed by atoms with Crippen molar-refractivity contribution in [3.63, 3.8) is 0 Å². The molecule has 0 spiro atoms. The lowest BCUT2D eigenvalue weighted by molar-refractivity contribution is 0.355. The third kappa shape index (κ3) is 3.50. The standard InChI is InChI=1S/C10H19N3OS/c1-10(2,3)9-13-12-8(14-9)7(11)5-6-15-4/h7H,5-6,11H2,1-4H3. The lowest BCUT2D eigenvalue weighted by Crippen LogP contribution is -2.12. The van der Waals surface area contributed by atoms with E-state index < -0.39 is 0 Å². The summed E-state index contributed by atoms with van der Waals surface area (Å²) in [5.41, 5.74) is 5.82. The zero-order valence-electron chi connectivity index (χ0n) is 9.78. The van der Waals surface area contributed by atoms with Crippen LogP contribution in [-0.2, 0) is 5.41 Å². The summed E-state index contributed by atoms with van der Waals surface area (Å²) in [6.45, 7) is 6.12. The largest absolute Gasteiger partial charge is 0.423 e. The van der Waals surface area contributed by atoms with Crippen LogP contribution in [0, 0.1) is 0 Å². The van der Waals surface area contributed by atoms with E-state index in [0.717, 1.165) is 12.2 Å². The number of rotatable bonds is 4. The topological polar surface area (TPSA) is 64.9 Å². The van der Waals surface area contributed by atoms with Crippen LogP contribution in [0.2, 0.25) is 0 Å². The predicted molar refractivity (Wildman–Crippen MR) is 62.9 cm³/mol. The Kier molecular flexibility index (Phi) is 4.16. The fourth-order valence-corrected chi connectivity index (χ4v) is 1.55. The second-order valence-corrected chi connectivity index (χ2v) is 5.57. The quantitative estimate of drug-likeness (QED) is 0.856. The Morgan fingerprint density at radius 1 is 1.40 bits per heavy atom. The monoisotopic (exact) mass is 229 g/mol. The van der Waals surface area contributed by atoms with E-state index >= 15 is 0 Å². The zero-order valence-corrected chi connectivity index (χ0v) is 10.6. The summed E-state index contributed by atoms with van der Waals surface area (Å²) in [4.78, 5) is 0. The van der Waals surface area contributed by atoms with Gasteiger partial charge >= 0.3 is 0 Å². The minimum Gasteiger partial charge on any atom is -0.423 e. The number of nitrogens with zero attached hydrogens (tertiary/aromatic N) is 2. The summed E-state index contributed by atoms with van der Waals surface area (Å²) in [7, 11) is 0. The lowest BCUT2D eigenvalue weighted by atomic mass is 9.97. The van der Waals surface area contributed by atoms with Gasteiger partial charge in [-0.3, -0.25) is 0 Å². The highest BCUT2D eigenvalue weighted by atomic mass is 32.2. The van der Waals surface area contributed by atoms with Gasteiger partial charge in [0.25, 0.3) is 0 Å². The molecular formula is C10H19N3OS. The number of hydrogen-bond acceptors (Lipinski definition) is 5. The maximum atomic E-state index is 5.93. The molecule has 0 saturated heterocycles. The second kappa shape index (κ2) is 4.99. The molecular weight excluding hydrogens is 210 g/mol. The first kappa shape index (κ1) is 12.5. The van der Waals surface area contributed by atoms with Gasteiger partial charge in [-0.2, -0.15) is 11.8 Å². The maximum absolute atomic E-state index is 5.93. The molecule has 0 fully saturated rings. The minimum absolute atomic E-state index is 0.107. The van der Waals surface area contributed by atoms with E-state index in [-0.39, 0.29) is 11.5 Å². The zero-order chi connectivity index (χ0) is 11.5. The molecule has 86 valence electrons. The van der Waals surface area contributed by atoms with E-state index in [4.69, 9.17) is 10.2 Å². The van der Waals surface area contributed by atoms with Gasteiger partial charge in [0.15, 0.2) is 0 Å². The first-order valence-corrected chi connectivity index (χ1v) is 6.43. The van der Waals surface area contributed by atoms with Gasteiger partial charge < -0.3 is 10.2 Å². The van der Waals surface area contributed by atoms with Crippen LogP contribution in [0.3, 0.4) is 0 Å². The average Bonchev–Trinajstić information content (AvgIpc) is 2.62. The molecule has 0 aromatic carbocycles. The molecule has 1 aromatic rings. The summed E-state index contributed by atoms with van der Waals surface area (Å²) < 4.78 is 5.55. The van der Waals surface area contributed by atoms with Crippen LogP contribution < -0.4 is 5.73 Å². The Morgan fingerprint density at radius 2 is 2.07 bits per heavy atom. The van der Waals surface area contributed by atoms with Gasteiger partial charge in [-0.1, -0.05) is 20.8 Å². The Labute approximate surface area is 95.0 Å². The van der Waals surface area contributed by atoms with Crippen molar-refractivity contribution in [3.8, 4) is 0 Å². The average molecular weight is 229 g/mol. The highest BCUT2D eigenvalue weighted by Crippen LogP contribution is 2.23. The number of aromatic nitrogens is 2. The Bertz CT molecular complexity index is 306. The molecule has 0 amide bonds. The molecule has 0 aliphatic heterocycles. The third-order valence-corrected chi connectivity index (χ3v) is 2.68. The molecule has 1 aromatic heterocycles. The summed E-state index contributed by atoms with van der Waals surface area (Å²) in [5.74, 6) is 2.21. The molecule has 0 aliphatic rings. The summed E-state index contributed by atoms with van der Waals surface area (Å²) in [6, 6.07) is -0.138. The summed E-state index contributed by atoms with van der Waals surface area (Å²) in [5, 5.41) is 8.00. The maximum Gasteiger partial charge on any atom is 0.233 e. The molecule has 5 heteroatoms. The van der Waals surface area contributed by atoms with E-state index in [1.807, 2.05) is 20.8 Å². The number of nitrogens with two attached hydrogens (primary N) is 1. The molecule has 0 saturated carbocycles.